The van der Waals surface area contributed by atoms with Crippen LogP contribution in [0.5, 0.6) is 0 Å². The van der Waals surface area contributed by atoms with E-state index in [0.29, 0.717) is 24.6 Å². The van der Waals surface area contributed by atoms with E-state index >= 15 is 0 Å². The molecule has 0 saturated carbocycles. The monoisotopic (exact) mass is 350 g/mol. The first-order valence-electron chi connectivity index (χ1n) is 8.58. The molecule has 1 aromatic carbocycles. The van der Waals surface area contributed by atoms with E-state index in [9.17, 15) is 4.79 Å². The molecule has 0 radical (unpaired) electrons. The van der Waals surface area contributed by atoms with Crippen molar-refractivity contribution < 1.29 is 9.21 Å². The summed E-state index contributed by atoms with van der Waals surface area (Å²) in [4.78, 5) is 14.6. The van der Waals surface area contributed by atoms with Gasteiger partial charge in [-0.25, -0.2) is 0 Å². The first-order valence-corrected chi connectivity index (χ1v) is 8.58. The zero-order valence-electron chi connectivity index (χ0n) is 14.9. The van der Waals surface area contributed by atoms with Crippen molar-refractivity contribution >= 4 is 11.7 Å². The van der Waals surface area contributed by atoms with Gasteiger partial charge in [-0.1, -0.05) is 30.3 Å². The number of furan rings is 1. The molecule has 6 nitrogen and oxygen atoms in total. The Labute approximate surface area is 152 Å². The van der Waals surface area contributed by atoms with Crippen LogP contribution in [-0.4, -0.2) is 27.0 Å². The smallest absolute Gasteiger partial charge is 0.274 e. The number of benzene rings is 1. The number of amides is 1. The minimum Gasteiger partial charge on any atom is -0.467 e. The van der Waals surface area contributed by atoms with Gasteiger partial charge in [-0.2, -0.15) is 0 Å². The molecule has 0 aliphatic carbocycles. The van der Waals surface area contributed by atoms with Crippen LogP contribution < -0.4 is 5.32 Å². The van der Waals surface area contributed by atoms with Crippen molar-refractivity contribution in [2.24, 2.45) is 0 Å². The third-order valence-corrected chi connectivity index (χ3v) is 3.99. The highest BCUT2D eigenvalue weighted by Crippen LogP contribution is 2.13. The molecule has 3 rings (SSSR count). The third kappa shape index (κ3) is 4.47. The Morgan fingerprint density at radius 2 is 1.88 bits per heavy atom. The number of hydrogen-bond donors (Lipinski definition) is 1. The summed E-state index contributed by atoms with van der Waals surface area (Å²) in [5.41, 5.74) is 1.41. The highest BCUT2D eigenvalue weighted by molar-refractivity contribution is 5.92. The number of rotatable bonds is 7. The van der Waals surface area contributed by atoms with Gasteiger partial charge in [0, 0.05) is 12.6 Å². The third-order valence-electron chi connectivity index (χ3n) is 3.99. The van der Waals surface area contributed by atoms with Crippen LogP contribution >= 0.6 is 0 Å². The largest absolute Gasteiger partial charge is 0.467 e. The van der Waals surface area contributed by atoms with E-state index in [4.69, 9.17) is 4.42 Å². The van der Waals surface area contributed by atoms with Gasteiger partial charge in [0.25, 0.3) is 5.91 Å². The average Bonchev–Trinajstić information content (AvgIpc) is 3.18. The zero-order chi connectivity index (χ0) is 18.4. The number of carbonyl (C=O) groups excluding carboxylic acids is 1. The van der Waals surface area contributed by atoms with E-state index in [1.807, 2.05) is 56.3 Å². The molecule has 0 aliphatic rings. The summed E-state index contributed by atoms with van der Waals surface area (Å²) >= 11 is 0. The molecule has 0 saturated heterocycles. The van der Waals surface area contributed by atoms with Crippen LogP contribution in [0.25, 0.3) is 0 Å². The Kier molecular flexibility index (Phi) is 5.63. The van der Waals surface area contributed by atoms with E-state index < -0.39 is 0 Å². The van der Waals surface area contributed by atoms with Crippen LogP contribution in [0.15, 0.2) is 65.3 Å². The number of hydrogen-bond acceptors (Lipinski definition) is 5. The summed E-state index contributed by atoms with van der Waals surface area (Å²) in [5, 5.41) is 11.3. The first-order chi connectivity index (χ1) is 12.6. The molecule has 1 amide bonds. The summed E-state index contributed by atoms with van der Waals surface area (Å²) in [7, 11) is 0. The van der Waals surface area contributed by atoms with Crippen LogP contribution in [0.4, 0.5) is 5.82 Å². The van der Waals surface area contributed by atoms with Crippen molar-refractivity contribution in [1.82, 2.24) is 15.1 Å². The summed E-state index contributed by atoms with van der Waals surface area (Å²) in [5.74, 6) is 1.27. The summed E-state index contributed by atoms with van der Waals surface area (Å²) in [6, 6.07) is 17.1. The highest BCUT2D eigenvalue weighted by atomic mass is 16.3. The Hall–Kier alpha value is -3.15. The molecule has 2 heterocycles. The van der Waals surface area contributed by atoms with Crippen molar-refractivity contribution in [3.8, 4) is 0 Å². The van der Waals surface area contributed by atoms with Crippen LogP contribution in [0, 0.1) is 0 Å². The maximum atomic E-state index is 12.8. The maximum Gasteiger partial charge on any atom is 0.274 e. The summed E-state index contributed by atoms with van der Waals surface area (Å²) in [6.07, 6.45) is 1.62. The van der Waals surface area contributed by atoms with Gasteiger partial charge in [0.15, 0.2) is 5.69 Å². The van der Waals surface area contributed by atoms with E-state index in [0.717, 1.165) is 11.3 Å². The van der Waals surface area contributed by atoms with Crippen LogP contribution in [0.2, 0.25) is 0 Å². The predicted octanol–water partition coefficient (Wildman–Crippen LogP) is 3.73. The number of nitrogens with zero attached hydrogens (tertiary/aromatic N) is 3. The van der Waals surface area contributed by atoms with Gasteiger partial charge < -0.3 is 14.6 Å². The quantitative estimate of drug-likeness (QED) is 0.703. The van der Waals surface area contributed by atoms with Crippen molar-refractivity contribution in [3.05, 3.63) is 77.9 Å². The topological polar surface area (TPSA) is 71.3 Å². The number of anilines is 1. The minimum atomic E-state index is -0.131. The molecule has 0 atom stereocenters. The predicted molar refractivity (Wildman–Crippen MR) is 99.5 cm³/mol. The number of aromatic nitrogens is 2. The lowest BCUT2D eigenvalue weighted by Gasteiger charge is -2.26. The highest BCUT2D eigenvalue weighted by Gasteiger charge is 2.20. The minimum absolute atomic E-state index is 0.0567. The molecule has 134 valence electrons. The maximum absolute atomic E-state index is 12.8. The molecule has 0 fully saturated rings. The fourth-order valence-corrected chi connectivity index (χ4v) is 2.55. The Morgan fingerprint density at radius 3 is 2.50 bits per heavy atom. The lowest BCUT2D eigenvalue weighted by Crippen LogP contribution is -2.37. The fraction of sp³-hybridized carbons (Fsp3) is 0.250. The van der Waals surface area contributed by atoms with E-state index in [-0.39, 0.29) is 11.9 Å². The van der Waals surface area contributed by atoms with Gasteiger partial charge >= 0.3 is 0 Å². The standard InChI is InChI=1S/C20H22N4O2/c1-15(2)24(14-16-7-4-3-5-8-16)20(25)18-10-11-19(23-22-18)21-13-17-9-6-12-26-17/h3-12,15H,13-14H2,1-2H3,(H,21,23). The SMILES string of the molecule is CC(C)N(Cc1ccccc1)C(=O)c1ccc(NCc2ccco2)nn1. The summed E-state index contributed by atoms with van der Waals surface area (Å²) < 4.78 is 5.26. The second kappa shape index (κ2) is 8.29. The first kappa shape index (κ1) is 17.7. The van der Waals surface area contributed by atoms with Crippen molar-refractivity contribution in [2.45, 2.75) is 33.0 Å². The summed E-state index contributed by atoms with van der Waals surface area (Å²) in [6.45, 7) is 5.04. The molecule has 0 aliphatic heterocycles. The molecule has 3 aromatic rings. The molecule has 0 unspecified atom stereocenters. The van der Waals surface area contributed by atoms with Crippen LogP contribution in [-0.2, 0) is 13.1 Å². The molecule has 2 aromatic heterocycles. The van der Waals surface area contributed by atoms with E-state index in [2.05, 4.69) is 15.5 Å². The van der Waals surface area contributed by atoms with Gasteiger partial charge in [0.1, 0.15) is 11.6 Å². The van der Waals surface area contributed by atoms with Crippen molar-refractivity contribution in [2.75, 3.05) is 5.32 Å². The Morgan fingerprint density at radius 1 is 1.08 bits per heavy atom. The van der Waals surface area contributed by atoms with Crippen LogP contribution in [0.3, 0.4) is 0 Å². The Balaban J connectivity index is 1.66. The zero-order valence-corrected chi connectivity index (χ0v) is 14.9. The lowest BCUT2D eigenvalue weighted by molar-refractivity contribution is 0.0683. The molecule has 1 N–H and O–H groups in total. The second-order valence-electron chi connectivity index (χ2n) is 6.25. The molecule has 26 heavy (non-hydrogen) atoms. The van der Waals surface area contributed by atoms with Crippen molar-refractivity contribution in [1.29, 1.82) is 0 Å². The van der Waals surface area contributed by atoms with Gasteiger partial charge in [0.2, 0.25) is 0 Å². The van der Waals surface area contributed by atoms with Crippen LogP contribution in [0.1, 0.15) is 35.7 Å². The fourth-order valence-electron chi connectivity index (χ4n) is 2.55. The average molecular weight is 350 g/mol. The number of nitrogens with one attached hydrogen (secondary N) is 1. The van der Waals surface area contributed by atoms with E-state index in [1.54, 1.807) is 23.3 Å². The normalized spacial score (nSPS) is 10.7. The number of carbonyl (C=O) groups is 1. The molecule has 6 heteroatoms. The second-order valence-corrected chi connectivity index (χ2v) is 6.25. The Bertz CT molecular complexity index is 815. The molecule has 0 spiro atoms. The van der Waals surface area contributed by atoms with E-state index in [1.165, 1.54) is 0 Å². The van der Waals surface area contributed by atoms with Gasteiger partial charge in [0.05, 0.1) is 12.8 Å². The molecule has 0 bridgehead atoms. The molecular formula is C20H22N4O2. The van der Waals surface area contributed by atoms with Crippen molar-refractivity contribution in [3.63, 3.8) is 0 Å². The van der Waals surface area contributed by atoms with Gasteiger partial charge in [-0.05, 0) is 43.7 Å². The lowest BCUT2D eigenvalue weighted by atomic mass is 10.1. The molecular weight excluding hydrogens is 328 g/mol. The van der Waals surface area contributed by atoms with Gasteiger partial charge in [-0.15, -0.1) is 10.2 Å². The van der Waals surface area contributed by atoms with Gasteiger partial charge in [-0.3, -0.25) is 4.79 Å².